The summed E-state index contributed by atoms with van der Waals surface area (Å²) >= 11 is 0. The highest BCUT2D eigenvalue weighted by Gasteiger charge is 2.52. The van der Waals surface area contributed by atoms with Crippen molar-refractivity contribution in [3.63, 3.8) is 0 Å². The molecule has 1 aromatic carbocycles. The molecule has 1 aliphatic rings. The number of hydrogen-bond donors (Lipinski definition) is 1. The van der Waals surface area contributed by atoms with E-state index in [1.807, 2.05) is 44.5 Å². The molecule has 2 aromatic rings. The summed E-state index contributed by atoms with van der Waals surface area (Å²) < 4.78 is 28.3. The number of hydrogen-bond acceptors (Lipinski definition) is 3. The van der Waals surface area contributed by atoms with Crippen LogP contribution < -0.4 is 5.46 Å². The minimum Gasteiger partial charge on any atom is -0.399 e. The number of aliphatic hydroxyl groups is 1. The van der Waals surface area contributed by atoms with E-state index in [0.29, 0.717) is 12.0 Å². The van der Waals surface area contributed by atoms with E-state index in [-0.39, 0.29) is 12.4 Å². The van der Waals surface area contributed by atoms with Crippen LogP contribution in [-0.4, -0.2) is 34.6 Å². The first-order chi connectivity index (χ1) is 10.3. The van der Waals surface area contributed by atoms with Gasteiger partial charge in [-0.2, -0.15) is 0 Å². The fourth-order valence-corrected chi connectivity index (χ4v) is 2.77. The molecular weight excluding hydrogens is 284 g/mol. The van der Waals surface area contributed by atoms with Gasteiger partial charge >= 0.3 is 7.12 Å². The lowest BCUT2D eigenvalue weighted by molar-refractivity contribution is 0.00578. The minimum absolute atomic E-state index is 0.0347. The van der Waals surface area contributed by atoms with Crippen molar-refractivity contribution in [2.45, 2.75) is 45.4 Å². The zero-order valence-electron chi connectivity index (χ0n) is 13.4. The van der Waals surface area contributed by atoms with Crippen LogP contribution in [0.4, 0.5) is 4.39 Å². The molecule has 0 aliphatic carbocycles. The highest BCUT2D eigenvalue weighted by atomic mass is 19.1. The molecule has 22 heavy (non-hydrogen) atoms. The van der Waals surface area contributed by atoms with Crippen LogP contribution >= 0.6 is 0 Å². The molecule has 0 radical (unpaired) electrons. The van der Waals surface area contributed by atoms with E-state index in [4.69, 9.17) is 14.4 Å². The maximum absolute atomic E-state index is 14.5. The van der Waals surface area contributed by atoms with Crippen LogP contribution in [0.2, 0.25) is 0 Å². The second-order valence-corrected chi connectivity index (χ2v) is 6.71. The van der Waals surface area contributed by atoms with Gasteiger partial charge in [-0.05, 0) is 45.9 Å². The van der Waals surface area contributed by atoms with Gasteiger partial charge in [-0.25, -0.2) is 4.39 Å². The Morgan fingerprint density at radius 3 is 2.36 bits per heavy atom. The highest BCUT2D eigenvalue weighted by molar-refractivity contribution is 6.65. The Morgan fingerprint density at radius 2 is 1.77 bits per heavy atom. The molecule has 1 aliphatic heterocycles. The number of rotatable bonds is 3. The van der Waals surface area contributed by atoms with Gasteiger partial charge in [0, 0.05) is 29.1 Å². The predicted molar refractivity (Wildman–Crippen MR) is 84.7 cm³/mol. The van der Waals surface area contributed by atoms with Crippen LogP contribution in [0.25, 0.3) is 10.9 Å². The van der Waals surface area contributed by atoms with E-state index in [9.17, 15) is 4.39 Å². The maximum atomic E-state index is 14.5. The van der Waals surface area contributed by atoms with Crippen LogP contribution in [0, 0.1) is 5.82 Å². The van der Waals surface area contributed by atoms with Gasteiger partial charge in [-0.1, -0.05) is 0 Å². The Kier molecular flexibility index (Phi) is 3.59. The number of nitrogens with zero attached hydrogens (tertiary/aromatic N) is 1. The zero-order chi connectivity index (χ0) is 16.1. The van der Waals surface area contributed by atoms with Gasteiger partial charge in [-0.15, -0.1) is 0 Å². The van der Waals surface area contributed by atoms with E-state index in [0.717, 1.165) is 10.9 Å². The number of aromatic nitrogens is 1. The summed E-state index contributed by atoms with van der Waals surface area (Å²) in [6, 6.07) is 4.99. The number of benzene rings is 1. The average molecular weight is 305 g/mol. The standard InChI is InChI=1S/C16H21BFNO3/c1-15(2)16(3,4)22-17(21-15)14-11-7-8-19(9-10-20)13(11)6-5-12(14)18/h5-8,20H,9-10H2,1-4H3. The second-order valence-electron chi connectivity index (χ2n) is 6.71. The first kappa shape index (κ1) is 15.5. The monoisotopic (exact) mass is 305 g/mol. The molecule has 1 N–H and O–H groups in total. The van der Waals surface area contributed by atoms with Crippen molar-refractivity contribution in [2.24, 2.45) is 0 Å². The van der Waals surface area contributed by atoms with Crippen molar-refractivity contribution >= 4 is 23.5 Å². The van der Waals surface area contributed by atoms with E-state index in [1.165, 1.54) is 6.07 Å². The van der Waals surface area contributed by atoms with Crippen molar-refractivity contribution < 1.29 is 18.8 Å². The molecule has 0 saturated carbocycles. The Bertz CT molecular complexity index is 695. The Balaban J connectivity index is 2.10. The molecule has 6 heteroatoms. The van der Waals surface area contributed by atoms with Crippen molar-refractivity contribution in [2.75, 3.05) is 6.61 Å². The van der Waals surface area contributed by atoms with Gasteiger partial charge in [-0.3, -0.25) is 0 Å². The van der Waals surface area contributed by atoms with Gasteiger partial charge in [0.15, 0.2) is 0 Å². The first-order valence-corrected chi connectivity index (χ1v) is 7.50. The predicted octanol–water partition coefficient (Wildman–Crippen LogP) is 2.07. The van der Waals surface area contributed by atoms with Gasteiger partial charge in [0.1, 0.15) is 5.82 Å². The molecule has 0 spiro atoms. The van der Waals surface area contributed by atoms with Crippen LogP contribution in [0.3, 0.4) is 0 Å². The largest absolute Gasteiger partial charge is 0.498 e. The van der Waals surface area contributed by atoms with Crippen LogP contribution in [-0.2, 0) is 15.9 Å². The van der Waals surface area contributed by atoms with Crippen molar-refractivity contribution in [1.82, 2.24) is 4.57 Å². The SMILES string of the molecule is CC1(C)OB(c2c(F)ccc3c2ccn3CCO)OC1(C)C. The van der Waals surface area contributed by atoms with Gasteiger partial charge in [0.25, 0.3) is 0 Å². The van der Waals surface area contributed by atoms with E-state index in [1.54, 1.807) is 6.07 Å². The van der Waals surface area contributed by atoms with Gasteiger partial charge < -0.3 is 19.0 Å². The van der Waals surface area contributed by atoms with Crippen LogP contribution in [0.1, 0.15) is 27.7 Å². The third-order valence-electron chi connectivity index (χ3n) is 4.77. The second kappa shape index (κ2) is 5.08. The Morgan fingerprint density at radius 1 is 1.14 bits per heavy atom. The number of fused-ring (bicyclic) bond motifs is 1. The third-order valence-corrected chi connectivity index (χ3v) is 4.77. The normalized spacial score (nSPS) is 20.0. The highest BCUT2D eigenvalue weighted by Crippen LogP contribution is 2.37. The fourth-order valence-electron chi connectivity index (χ4n) is 2.77. The molecule has 0 bridgehead atoms. The van der Waals surface area contributed by atoms with Crippen LogP contribution in [0.5, 0.6) is 0 Å². The summed E-state index contributed by atoms with van der Waals surface area (Å²) in [5.74, 6) is -0.340. The lowest BCUT2D eigenvalue weighted by Crippen LogP contribution is -2.41. The molecule has 1 saturated heterocycles. The van der Waals surface area contributed by atoms with Crippen molar-refractivity contribution in [3.05, 3.63) is 30.2 Å². The summed E-state index contributed by atoms with van der Waals surface area (Å²) in [4.78, 5) is 0. The molecule has 3 rings (SSSR count). The molecular formula is C16H21BFNO3. The quantitative estimate of drug-likeness (QED) is 0.883. The summed E-state index contributed by atoms with van der Waals surface area (Å²) in [5.41, 5.74) is 0.257. The summed E-state index contributed by atoms with van der Waals surface area (Å²) in [6.45, 7) is 8.29. The third kappa shape index (κ3) is 2.26. The minimum atomic E-state index is -0.737. The summed E-state index contributed by atoms with van der Waals surface area (Å²) in [5, 5.41) is 9.88. The molecule has 0 atom stereocenters. The zero-order valence-corrected chi connectivity index (χ0v) is 13.4. The molecule has 118 valence electrons. The van der Waals surface area contributed by atoms with Crippen LogP contribution in [0.15, 0.2) is 24.4 Å². The topological polar surface area (TPSA) is 43.6 Å². The average Bonchev–Trinajstić information content (AvgIpc) is 2.89. The molecule has 4 nitrogen and oxygen atoms in total. The fraction of sp³-hybridized carbons (Fsp3) is 0.500. The lowest BCUT2D eigenvalue weighted by Gasteiger charge is -2.32. The summed E-state index contributed by atoms with van der Waals surface area (Å²) in [6.07, 6.45) is 1.84. The molecule has 1 fully saturated rings. The van der Waals surface area contributed by atoms with E-state index in [2.05, 4.69) is 0 Å². The van der Waals surface area contributed by atoms with Gasteiger partial charge in [0.2, 0.25) is 0 Å². The Labute approximate surface area is 130 Å². The molecule has 0 unspecified atom stereocenters. The van der Waals surface area contributed by atoms with Gasteiger partial charge in [0.05, 0.1) is 17.8 Å². The van der Waals surface area contributed by atoms with E-state index >= 15 is 0 Å². The molecule has 2 heterocycles. The first-order valence-electron chi connectivity index (χ1n) is 7.50. The molecule has 1 aromatic heterocycles. The van der Waals surface area contributed by atoms with Crippen molar-refractivity contribution in [3.8, 4) is 0 Å². The lowest BCUT2D eigenvalue weighted by atomic mass is 9.76. The smallest absolute Gasteiger partial charge is 0.399 e. The van der Waals surface area contributed by atoms with E-state index < -0.39 is 18.3 Å². The maximum Gasteiger partial charge on any atom is 0.498 e. The summed E-state index contributed by atoms with van der Waals surface area (Å²) in [7, 11) is -0.737. The number of aliphatic hydroxyl groups excluding tert-OH is 1. The Hall–Kier alpha value is -1.37. The number of halogens is 1. The van der Waals surface area contributed by atoms with Crippen molar-refractivity contribution in [1.29, 1.82) is 0 Å². The molecule has 0 amide bonds.